The van der Waals surface area contributed by atoms with Gasteiger partial charge in [-0.25, -0.2) is 4.98 Å². The molecule has 0 bridgehead atoms. The molecule has 1 aromatic carbocycles. The average Bonchev–Trinajstić information content (AvgIpc) is 2.31. The number of hydrogen-bond donors (Lipinski definition) is 1. The minimum absolute atomic E-state index is 0.183. The molecule has 0 aliphatic heterocycles. The van der Waals surface area contributed by atoms with Gasteiger partial charge in [0.25, 0.3) is 0 Å². The molecular formula is C14H15ClN2O. The van der Waals surface area contributed by atoms with Crippen molar-refractivity contribution in [2.75, 3.05) is 5.32 Å². The van der Waals surface area contributed by atoms with Crippen LogP contribution in [0.1, 0.15) is 13.8 Å². The number of nitrogens with zero attached hydrogens (tertiary/aromatic N) is 1. The van der Waals surface area contributed by atoms with Gasteiger partial charge in [-0.3, -0.25) is 0 Å². The van der Waals surface area contributed by atoms with Crippen molar-refractivity contribution in [1.82, 2.24) is 4.98 Å². The van der Waals surface area contributed by atoms with E-state index in [1.54, 1.807) is 12.3 Å². The summed E-state index contributed by atoms with van der Waals surface area (Å²) < 4.78 is 5.58. The number of anilines is 2. The SMILES string of the molecule is CC(C)Oc1ccc(Nc2ccnc(Cl)c2)cc1. The van der Waals surface area contributed by atoms with E-state index in [2.05, 4.69) is 10.3 Å². The maximum absolute atomic E-state index is 5.82. The van der Waals surface area contributed by atoms with E-state index in [0.29, 0.717) is 5.15 Å². The largest absolute Gasteiger partial charge is 0.491 e. The summed E-state index contributed by atoms with van der Waals surface area (Å²) in [7, 11) is 0. The number of nitrogens with one attached hydrogen (secondary N) is 1. The fourth-order valence-corrected chi connectivity index (χ4v) is 1.71. The topological polar surface area (TPSA) is 34.1 Å². The van der Waals surface area contributed by atoms with Gasteiger partial charge in [-0.05, 0) is 50.2 Å². The van der Waals surface area contributed by atoms with Gasteiger partial charge < -0.3 is 10.1 Å². The summed E-state index contributed by atoms with van der Waals surface area (Å²) in [6.45, 7) is 4.01. The zero-order chi connectivity index (χ0) is 13.0. The highest BCUT2D eigenvalue weighted by Gasteiger charge is 1.99. The Hall–Kier alpha value is -1.74. The third-order valence-electron chi connectivity index (χ3n) is 2.24. The van der Waals surface area contributed by atoms with Crippen molar-refractivity contribution in [3.63, 3.8) is 0 Å². The molecule has 0 atom stereocenters. The van der Waals surface area contributed by atoms with Crippen molar-refractivity contribution < 1.29 is 4.74 Å². The lowest BCUT2D eigenvalue weighted by molar-refractivity contribution is 0.242. The second-order valence-corrected chi connectivity index (χ2v) is 4.57. The third kappa shape index (κ3) is 3.64. The number of benzene rings is 1. The van der Waals surface area contributed by atoms with Gasteiger partial charge in [0.1, 0.15) is 10.9 Å². The summed E-state index contributed by atoms with van der Waals surface area (Å²) in [5, 5.41) is 3.72. The van der Waals surface area contributed by atoms with Crippen molar-refractivity contribution in [2.24, 2.45) is 0 Å². The third-order valence-corrected chi connectivity index (χ3v) is 2.45. The minimum atomic E-state index is 0.183. The quantitative estimate of drug-likeness (QED) is 0.836. The van der Waals surface area contributed by atoms with E-state index in [9.17, 15) is 0 Å². The van der Waals surface area contributed by atoms with Gasteiger partial charge in [0.2, 0.25) is 0 Å². The Balaban J connectivity index is 2.06. The van der Waals surface area contributed by atoms with Crippen LogP contribution >= 0.6 is 11.6 Å². The summed E-state index contributed by atoms with van der Waals surface area (Å²) in [6.07, 6.45) is 1.85. The van der Waals surface area contributed by atoms with Gasteiger partial charge >= 0.3 is 0 Å². The smallest absolute Gasteiger partial charge is 0.131 e. The number of aromatic nitrogens is 1. The highest BCUT2D eigenvalue weighted by Crippen LogP contribution is 2.21. The van der Waals surface area contributed by atoms with Crippen molar-refractivity contribution in [1.29, 1.82) is 0 Å². The Morgan fingerprint density at radius 1 is 1.11 bits per heavy atom. The number of hydrogen-bond acceptors (Lipinski definition) is 3. The predicted octanol–water partition coefficient (Wildman–Crippen LogP) is 4.27. The molecule has 2 aromatic rings. The van der Waals surface area contributed by atoms with Crippen molar-refractivity contribution in [2.45, 2.75) is 20.0 Å². The first-order valence-electron chi connectivity index (χ1n) is 5.79. The van der Waals surface area contributed by atoms with Crippen LogP contribution < -0.4 is 10.1 Å². The van der Waals surface area contributed by atoms with Crippen LogP contribution in [0.25, 0.3) is 0 Å². The van der Waals surface area contributed by atoms with Crippen LogP contribution in [0.4, 0.5) is 11.4 Å². The van der Waals surface area contributed by atoms with Crippen LogP contribution in [0.2, 0.25) is 5.15 Å². The molecule has 1 N–H and O–H groups in total. The zero-order valence-electron chi connectivity index (χ0n) is 10.4. The standard InChI is InChI=1S/C14H15ClN2O/c1-10(2)18-13-5-3-11(4-6-13)17-12-7-8-16-14(15)9-12/h3-10H,1-2H3,(H,16,17). The van der Waals surface area contributed by atoms with E-state index in [0.717, 1.165) is 17.1 Å². The normalized spacial score (nSPS) is 10.4. The molecule has 0 aliphatic rings. The second-order valence-electron chi connectivity index (χ2n) is 4.18. The number of ether oxygens (including phenoxy) is 1. The molecule has 0 amide bonds. The molecule has 4 heteroatoms. The molecule has 0 radical (unpaired) electrons. The lowest BCUT2D eigenvalue weighted by atomic mass is 10.3. The van der Waals surface area contributed by atoms with Gasteiger partial charge in [-0.2, -0.15) is 0 Å². The number of pyridine rings is 1. The summed E-state index contributed by atoms with van der Waals surface area (Å²) in [5.74, 6) is 0.864. The monoisotopic (exact) mass is 262 g/mol. The molecule has 0 saturated carbocycles. The van der Waals surface area contributed by atoms with E-state index in [-0.39, 0.29) is 6.10 Å². The van der Waals surface area contributed by atoms with Gasteiger partial charge in [0.05, 0.1) is 6.10 Å². The molecule has 0 aliphatic carbocycles. The van der Waals surface area contributed by atoms with Crippen molar-refractivity contribution >= 4 is 23.0 Å². The fraction of sp³-hybridized carbons (Fsp3) is 0.214. The van der Waals surface area contributed by atoms with E-state index in [4.69, 9.17) is 16.3 Å². The van der Waals surface area contributed by atoms with Crippen molar-refractivity contribution in [3.8, 4) is 5.75 Å². The lowest BCUT2D eigenvalue weighted by Crippen LogP contribution is -2.05. The molecule has 18 heavy (non-hydrogen) atoms. The molecule has 0 saturated heterocycles. The molecule has 0 spiro atoms. The van der Waals surface area contributed by atoms with E-state index >= 15 is 0 Å². The highest BCUT2D eigenvalue weighted by molar-refractivity contribution is 6.29. The summed E-state index contributed by atoms with van der Waals surface area (Å²) in [5.41, 5.74) is 1.89. The molecule has 1 heterocycles. The Bertz CT molecular complexity index is 511. The molecule has 94 valence electrons. The average molecular weight is 263 g/mol. The van der Waals surface area contributed by atoms with Crippen LogP contribution in [0.5, 0.6) is 5.75 Å². The summed E-state index contributed by atoms with van der Waals surface area (Å²) >= 11 is 5.82. The second kappa shape index (κ2) is 5.74. The van der Waals surface area contributed by atoms with Gasteiger partial charge in [-0.1, -0.05) is 11.6 Å². The summed E-state index contributed by atoms with van der Waals surface area (Å²) in [4.78, 5) is 3.93. The van der Waals surface area contributed by atoms with Crippen LogP contribution in [0, 0.1) is 0 Å². The van der Waals surface area contributed by atoms with E-state index < -0.39 is 0 Å². The Morgan fingerprint density at radius 3 is 2.44 bits per heavy atom. The predicted molar refractivity (Wildman–Crippen MR) is 74.7 cm³/mol. The lowest BCUT2D eigenvalue weighted by Gasteiger charge is -2.11. The fourth-order valence-electron chi connectivity index (χ4n) is 1.54. The maximum Gasteiger partial charge on any atom is 0.131 e. The summed E-state index contributed by atoms with van der Waals surface area (Å²) in [6, 6.07) is 11.4. The molecule has 2 rings (SSSR count). The van der Waals surface area contributed by atoms with Crippen LogP contribution in [-0.4, -0.2) is 11.1 Å². The Kier molecular flexibility index (Phi) is 4.05. The van der Waals surface area contributed by atoms with Crippen LogP contribution in [-0.2, 0) is 0 Å². The first-order valence-corrected chi connectivity index (χ1v) is 6.16. The van der Waals surface area contributed by atoms with E-state index in [1.807, 2.05) is 44.2 Å². The van der Waals surface area contributed by atoms with Gasteiger partial charge in [0.15, 0.2) is 0 Å². The molecule has 3 nitrogen and oxygen atoms in total. The number of rotatable bonds is 4. The van der Waals surface area contributed by atoms with E-state index in [1.165, 1.54) is 0 Å². The van der Waals surface area contributed by atoms with Gasteiger partial charge in [-0.15, -0.1) is 0 Å². The van der Waals surface area contributed by atoms with Crippen molar-refractivity contribution in [3.05, 3.63) is 47.7 Å². The molecule has 0 unspecified atom stereocenters. The Labute approximate surface area is 112 Å². The van der Waals surface area contributed by atoms with Crippen LogP contribution in [0.15, 0.2) is 42.6 Å². The van der Waals surface area contributed by atoms with Gasteiger partial charge in [0, 0.05) is 17.6 Å². The number of halogens is 1. The first kappa shape index (κ1) is 12.7. The maximum atomic E-state index is 5.82. The Morgan fingerprint density at radius 2 is 1.83 bits per heavy atom. The zero-order valence-corrected chi connectivity index (χ0v) is 11.1. The first-order chi connectivity index (χ1) is 8.63. The highest BCUT2D eigenvalue weighted by atomic mass is 35.5. The minimum Gasteiger partial charge on any atom is -0.491 e. The molecule has 1 aromatic heterocycles. The molecular weight excluding hydrogens is 248 g/mol. The molecule has 0 fully saturated rings. The van der Waals surface area contributed by atoms with Crippen LogP contribution in [0.3, 0.4) is 0 Å².